The van der Waals surface area contributed by atoms with Crippen molar-refractivity contribution in [1.29, 1.82) is 0 Å². The zero-order valence-electron chi connectivity index (χ0n) is 11.1. The molecule has 0 bridgehead atoms. The summed E-state index contributed by atoms with van der Waals surface area (Å²) in [5.41, 5.74) is -0.542. The van der Waals surface area contributed by atoms with Gasteiger partial charge in [0.25, 0.3) is 0 Å². The molecular formula is C11H18F3NO4. The topological polar surface area (TPSA) is 66.8 Å². The lowest BCUT2D eigenvalue weighted by Gasteiger charge is -2.26. The highest BCUT2D eigenvalue weighted by Gasteiger charge is 2.42. The maximum Gasteiger partial charge on any atom is 0.471 e. The van der Waals surface area contributed by atoms with E-state index in [1.54, 1.807) is 20.8 Å². The Morgan fingerprint density at radius 3 is 2.05 bits per heavy atom. The molecule has 1 amide bonds. The number of carbonyl (C=O) groups is 2. The average Bonchev–Trinajstić information content (AvgIpc) is 2.18. The molecule has 0 saturated heterocycles. The van der Waals surface area contributed by atoms with Crippen LogP contribution in [0.2, 0.25) is 0 Å². The number of carboxylic acid groups (broad SMARTS) is 1. The van der Waals surface area contributed by atoms with E-state index >= 15 is 0 Å². The predicted octanol–water partition coefficient (Wildman–Crippen LogP) is 1.67. The number of carboxylic acids is 1. The summed E-state index contributed by atoms with van der Waals surface area (Å²) < 4.78 is 42.1. The van der Waals surface area contributed by atoms with Crippen LogP contribution in [0.3, 0.4) is 0 Å². The third-order valence-electron chi connectivity index (χ3n) is 2.02. The Kier molecular flexibility index (Phi) is 6.28. The fraction of sp³-hybridized carbons (Fsp3) is 0.818. The van der Waals surface area contributed by atoms with E-state index in [0.29, 0.717) is 4.90 Å². The Balaban J connectivity index is 4.51. The molecule has 8 heteroatoms. The molecule has 19 heavy (non-hydrogen) atoms. The number of alkyl halides is 3. The molecule has 1 N–H and O–H groups in total. The normalized spacial score (nSPS) is 12.3. The van der Waals surface area contributed by atoms with Crippen molar-refractivity contribution < 1.29 is 32.6 Å². The van der Waals surface area contributed by atoms with Gasteiger partial charge in [0.05, 0.1) is 18.6 Å². The maximum absolute atomic E-state index is 12.3. The van der Waals surface area contributed by atoms with Crippen LogP contribution in [0.15, 0.2) is 0 Å². The fourth-order valence-corrected chi connectivity index (χ4v) is 1.19. The number of rotatable bonds is 6. The smallest absolute Gasteiger partial charge is 0.471 e. The summed E-state index contributed by atoms with van der Waals surface area (Å²) in [6.07, 6.45) is -5.56. The van der Waals surface area contributed by atoms with Gasteiger partial charge >= 0.3 is 18.1 Å². The van der Waals surface area contributed by atoms with Crippen LogP contribution in [0.1, 0.15) is 27.2 Å². The van der Waals surface area contributed by atoms with Gasteiger partial charge in [-0.25, -0.2) is 0 Å². The molecule has 0 saturated carbocycles. The zero-order chi connectivity index (χ0) is 15.3. The minimum absolute atomic E-state index is 0.0923. The maximum atomic E-state index is 12.3. The Bertz CT molecular complexity index is 323. The van der Waals surface area contributed by atoms with Gasteiger partial charge in [0, 0.05) is 13.1 Å². The summed E-state index contributed by atoms with van der Waals surface area (Å²) in [5.74, 6) is -3.32. The molecule has 0 aliphatic heterocycles. The van der Waals surface area contributed by atoms with Crippen LogP contribution in [0, 0.1) is 0 Å². The van der Waals surface area contributed by atoms with Gasteiger partial charge in [-0.15, -0.1) is 0 Å². The molecular weight excluding hydrogens is 267 g/mol. The lowest BCUT2D eigenvalue weighted by molar-refractivity contribution is -0.186. The zero-order valence-corrected chi connectivity index (χ0v) is 11.1. The number of aliphatic carboxylic acids is 1. The summed E-state index contributed by atoms with van der Waals surface area (Å²) in [6.45, 7) is 4.27. The lowest BCUT2D eigenvalue weighted by Crippen LogP contribution is -2.44. The van der Waals surface area contributed by atoms with Crippen molar-refractivity contribution in [2.24, 2.45) is 0 Å². The van der Waals surface area contributed by atoms with Gasteiger partial charge in [-0.3, -0.25) is 9.59 Å². The molecule has 0 aliphatic carbocycles. The third kappa shape index (κ3) is 8.41. The van der Waals surface area contributed by atoms with Crippen LogP contribution in [0.5, 0.6) is 0 Å². The molecule has 0 aromatic heterocycles. The van der Waals surface area contributed by atoms with Crippen molar-refractivity contribution in [2.75, 3.05) is 19.7 Å². The summed E-state index contributed by atoms with van der Waals surface area (Å²) >= 11 is 0. The number of halogens is 3. The molecule has 0 fully saturated rings. The first-order valence-electron chi connectivity index (χ1n) is 5.65. The number of hydrogen-bond acceptors (Lipinski definition) is 3. The first-order chi connectivity index (χ1) is 8.43. The fourth-order valence-electron chi connectivity index (χ4n) is 1.19. The highest BCUT2D eigenvalue weighted by atomic mass is 19.4. The number of carbonyl (C=O) groups excluding carboxylic acids is 1. The van der Waals surface area contributed by atoms with Gasteiger partial charge in [-0.2, -0.15) is 13.2 Å². The number of hydrogen-bond donors (Lipinski definition) is 1. The molecule has 0 rings (SSSR count). The SMILES string of the molecule is CC(C)(C)OCCN(CCC(=O)O)C(=O)C(F)(F)F. The highest BCUT2D eigenvalue weighted by molar-refractivity contribution is 5.82. The minimum atomic E-state index is -5.01. The second kappa shape index (κ2) is 6.74. The van der Waals surface area contributed by atoms with E-state index < -0.39 is 36.6 Å². The Morgan fingerprint density at radius 2 is 1.68 bits per heavy atom. The molecule has 0 aromatic carbocycles. The summed E-state index contributed by atoms with van der Waals surface area (Å²) in [7, 11) is 0. The first-order valence-corrected chi connectivity index (χ1v) is 5.65. The van der Waals surface area contributed by atoms with Crippen LogP contribution in [-0.4, -0.2) is 53.4 Å². The molecule has 0 radical (unpaired) electrons. The molecule has 0 heterocycles. The van der Waals surface area contributed by atoms with Crippen molar-refractivity contribution in [2.45, 2.75) is 39.0 Å². The monoisotopic (exact) mass is 285 g/mol. The van der Waals surface area contributed by atoms with Crippen molar-refractivity contribution in [1.82, 2.24) is 4.90 Å². The highest BCUT2D eigenvalue weighted by Crippen LogP contribution is 2.18. The standard InChI is InChI=1S/C11H18F3NO4/c1-10(2,3)19-7-6-15(5-4-8(16)17)9(18)11(12,13)14/h4-7H2,1-3H3,(H,16,17). The van der Waals surface area contributed by atoms with E-state index in [9.17, 15) is 22.8 Å². The van der Waals surface area contributed by atoms with Gasteiger partial charge in [0.2, 0.25) is 0 Å². The Morgan fingerprint density at radius 1 is 1.16 bits per heavy atom. The Labute approximate surface area is 109 Å². The summed E-state index contributed by atoms with van der Waals surface area (Å²) in [4.78, 5) is 21.9. The largest absolute Gasteiger partial charge is 0.481 e. The molecule has 0 unspecified atom stereocenters. The third-order valence-corrected chi connectivity index (χ3v) is 2.02. The van der Waals surface area contributed by atoms with Crippen LogP contribution in [0.4, 0.5) is 13.2 Å². The van der Waals surface area contributed by atoms with Crippen LogP contribution >= 0.6 is 0 Å². The molecule has 0 aliphatic rings. The minimum Gasteiger partial charge on any atom is -0.481 e. The van der Waals surface area contributed by atoms with Crippen molar-refractivity contribution in [3.63, 3.8) is 0 Å². The van der Waals surface area contributed by atoms with E-state index in [2.05, 4.69) is 0 Å². The van der Waals surface area contributed by atoms with Crippen molar-refractivity contribution >= 4 is 11.9 Å². The van der Waals surface area contributed by atoms with E-state index in [1.165, 1.54) is 0 Å². The van der Waals surface area contributed by atoms with Gasteiger partial charge in [-0.1, -0.05) is 0 Å². The van der Waals surface area contributed by atoms with E-state index in [0.717, 1.165) is 0 Å². The molecule has 0 spiro atoms. The second-order valence-corrected chi connectivity index (χ2v) is 4.89. The quantitative estimate of drug-likeness (QED) is 0.806. The molecule has 112 valence electrons. The van der Waals surface area contributed by atoms with Crippen LogP contribution < -0.4 is 0 Å². The Hall–Kier alpha value is -1.31. The van der Waals surface area contributed by atoms with E-state index in [4.69, 9.17) is 9.84 Å². The number of ether oxygens (including phenoxy) is 1. The molecule has 0 aromatic rings. The van der Waals surface area contributed by atoms with Crippen LogP contribution in [-0.2, 0) is 14.3 Å². The average molecular weight is 285 g/mol. The second-order valence-electron chi connectivity index (χ2n) is 4.89. The van der Waals surface area contributed by atoms with E-state index in [-0.39, 0.29) is 13.2 Å². The van der Waals surface area contributed by atoms with E-state index in [1.807, 2.05) is 0 Å². The van der Waals surface area contributed by atoms with Crippen molar-refractivity contribution in [3.05, 3.63) is 0 Å². The summed E-state index contributed by atoms with van der Waals surface area (Å²) in [6, 6.07) is 0. The van der Waals surface area contributed by atoms with Gasteiger partial charge in [0.1, 0.15) is 0 Å². The summed E-state index contributed by atoms with van der Waals surface area (Å²) in [5, 5.41) is 8.45. The van der Waals surface area contributed by atoms with Gasteiger partial charge < -0.3 is 14.7 Å². The van der Waals surface area contributed by atoms with Crippen molar-refractivity contribution in [3.8, 4) is 0 Å². The van der Waals surface area contributed by atoms with Gasteiger partial charge in [-0.05, 0) is 20.8 Å². The van der Waals surface area contributed by atoms with Gasteiger partial charge in [0.15, 0.2) is 0 Å². The molecule has 0 atom stereocenters. The first kappa shape index (κ1) is 17.7. The number of nitrogens with zero attached hydrogens (tertiary/aromatic N) is 1. The lowest BCUT2D eigenvalue weighted by atomic mass is 10.2. The molecule has 5 nitrogen and oxygen atoms in total. The van der Waals surface area contributed by atoms with Crippen LogP contribution in [0.25, 0.3) is 0 Å². The predicted molar refractivity (Wildman–Crippen MR) is 60.6 cm³/mol. The number of amides is 1.